The van der Waals surface area contributed by atoms with Crippen LogP contribution < -0.4 is 0 Å². The molecule has 0 spiro atoms. The van der Waals surface area contributed by atoms with Crippen molar-refractivity contribution in [1.29, 1.82) is 0 Å². The summed E-state index contributed by atoms with van der Waals surface area (Å²) >= 11 is 0. The van der Waals surface area contributed by atoms with Gasteiger partial charge in [0.05, 0.1) is 0 Å². The van der Waals surface area contributed by atoms with Gasteiger partial charge in [0, 0.05) is 10.2 Å². The summed E-state index contributed by atoms with van der Waals surface area (Å²) in [4.78, 5) is 0. The van der Waals surface area contributed by atoms with Crippen molar-refractivity contribution in [3.63, 3.8) is 0 Å². The minimum Gasteiger partial charge on any atom is -0.0658 e. The molecule has 0 rings (SSSR count). The van der Waals surface area contributed by atoms with Crippen molar-refractivity contribution >= 4 is 10.2 Å². The third-order valence-electron chi connectivity index (χ3n) is 1.53. The van der Waals surface area contributed by atoms with Gasteiger partial charge in [-0.2, -0.15) is 0 Å². The predicted molar refractivity (Wildman–Crippen MR) is 48.1 cm³/mol. The maximum absolute atomic E-state index is 2.32. The molecule has 0 fully saturated rings. The zero-order chi connectivity index (χ0) is 7.33. The predicted octanol–water partition coefficient (Wildman–Crippen LogP) is 1.99. The molecule has 0 saturated carbocycles. The highest BCUT2D eigenvalue weighted by molar-refractivity contribution is 6.08. The molecule has 1 heteroatoms. The lowest BCUT2D eigenvalue weighted by Crippen LogP contribution is -2.03. The van der Waals surface area contributed by atoms with E-state index in [0.29, 0.717) is 5.41 Å². The molecule has 0 unspecified atom stereocenters. The molecule has 0 radical (unpaired) electrons. The maximum atomic E-state index is 2.32. The van der Waals surface area contributed by atoms with Gasteiger partial charge in [0.2, 0.25) is 0 Å². The minimum absolute atomic E-state index is 0.566. The third kappa shape index (κ3) is 8.22. The van der Waals surface area contributed by atoms with Crippen molar-refractivity contribution < 1.29 is 0 Å². The molecule has 0 aromatic carbocycles. The van der Waals surface area contributed by atoms with E-state index in [1.54, 1.807) is 0 Å². The van der Waals surface area contributed by atoms with Gasteiger partial charge in [-0.3, -0.25) is 0 Å². The zero-order valence-corrected chi connectivity index (χ0v) is 9.33. The second-order valence-corrected chi connectivity index (χ2v) is 5.02. The summed E-state index contributed by atoms with van der Waals surface area (Å²) in [7, 11) is 1.39. The summed E-state index contributed by atoms with van der Waals surface area (Å²) in [6.07, 6.45) is 4.30. The second-order valence-electron chi connectivity index (χ2n) is 4.02. The van der Waals surface area contributed by atoms with Crippen molar-refractivity contribution in [1.82, 2.24) is 0 Å². The van der Waals surface area contributed by atoms with Crippen LogP contribution in [0.5, 0.6) is 0 Å². The fraction of sp³-hybridized carbons (Fsp3) is 1.00. The van der Waals surface area contributed by atoms with Crippen LogP contribution in [0.1, 0.15) is 40.0 Å². The van der Waals surface area contributed by atoms with Crippen LogP contribution in [0, 0.1) is 5.41 Å². The summed E-state index contributed by atoms with van der Waals surface area (Å²) < 4.78 is 0. The van der Waals surface area contributed by atoms with E-state index in [-0.39, 0.29) is 0 Å². The van der Waals surface area contributed by atoms with Gasteiger partial charge < -0.3 is 0 Å². The lowest BCUT2D eigenvalue weighted by Gasteiger charge is -2.16. The van der Waals surface area contributed by atoms with Gasteiger partial charge in [-0.05, 0) is 11.8 Å². The van der Waals surface area contributed by atoms with Crippen LogP contribution in [0.25, 0.3) is 0 Å². The van der Waals surface area contributed by atoms with Crippen LogP contribution in [-0.2, 0) is 0 Å². The van der Waals surface area contributed by atoms with E-state index in [9.17, 15) is 0 Å². The third-order valence-corrected chi connectivity index (χ3v) is 2.24. The fourth-order valence-electron chi connectivity index (χ4n) is 0.905. The van der Waals surface area contributed by atoms with Gasteiger partial charge in [-0.1, -0.05) is 39.7 Å². The first-order chi connectivity index (χ1) is 4.06. The Hall–Kier alpha value is 0.217. The molecule has 0 aromatic heterocycles. The van der Waals surface area contributed by atoms with E-state index in [1.807, 2.05) is 0 Å². The Morgan fingerprint density at radius 2 is 1.67 bits per heavy atom. The molecule has 0 aliphatic carbocycles. The SMILES string of the molecule is CC(C)(C)CCCC[SiH3]. The van der Waals surface area contributed by atoms with Gasteiger partial charge in [0.25, 0.3) is 0 Å². The smallest absolute Gasteiger partial charge is 0.00279 e. The largest absolute Gasteiger partial charge is 0.0658 e. The van der Waals surface area contributed by atoms with Crippen molar-refractivity contribution in [2.45, 2.75) is 46.1 Å². The molecule has 9 heavy (non-hydrogen) atoms. The zero-order valence-electron chi connectivity index (χ0n) is 7.33. The molecule has 0 saturated heterocycles. The standard InChI is InChI=1S/C8H20Si/c1-8(2,3)6-4-5-7-9/h4-7H2,1-3,9H3. The van der Waals surface area contributed by atoms with Gasteiger partial charge in [0.15, 0.2) is 0 Å². The number of hydrogen-bond acceptors (Lipinski definition) is 0. The molecule has 0 bridgehead atoms. The molecular formula is C8H20Si. The van der Waals surface area contributed by atoms with E-state index < -0.39 is 0 Å². The lowest BCUT2D eigenvalue weighted by molar-refractivity contribution is 0.363. The van der Waals surface area contributed by atoms with Crippen LogP contribution >= 0.6 is 0 Å². The second kappa shape index (κ2) is 4.10. The van der Waals surface area contributed by atoms with Crippen LogP contribution in [0.15, 0.2) is 0 Å². The van der Waals surface area contributed by atoms with Crippen LogP contribution in [0.2, 0.25) is 6.04 Å². The molecule has 0 atom stereocenters. The summed E-state index contributed by atoms with van der Waals surface area (Å²) in [6.45, 7) is 6.96. The van der Waals surface area contributed by atoms with Crippen LogP contribution in [0.4, 0.5) is 0 Å². The summed E-state index contributed by atoms with van der Waals surface area (Å²) in [6, 6.07) is 1.48. The van der Waals surface area contributed by atoms with Crippen LogP contribution in [-0.4, -0.2) is 10.2 Å². The van der Waals surface area contributed by atoms with Crippen molar-refractivity contribution in [2.24, 2.45) is 5.41 Å². The van der Waals surface area contributed by atoms with Gasteiger partial charge in [0.1, 0.15) is 0 Å². The van der Waals surface area contributed by atoms with Crippen molar-refractivity contribution in [3.05, 3.63) is 0 Å². The van der Waals surface area contributed by atoms with Gasteiger partial charge >= 0.3 is 0 Å². The van der Waals surface area contributed by atoms with E-state index in [2.05, 4.69) is 20.8 Å². The molecular weight excluding hydrogens is 124 g/mol. The summed E-state index contributed by atoms with van der Waals surface area (Å²) in [5.41, 5.74) is 0.566. The van der Waals surface area contributed by atoms with Gasteiger partial charge in [-0.15, -0.1) is 0 Å². The molecule has 0 nitrogen and oxygen atoms in total. The van der Waals surface area contributed by atoms with Crippen LogP contribution in [0.3, 0.4) is 0 Å². The van der Waals surface area contributed by atoms with Crippen molar-refractivity contribution in [2.75, 3.05) is 0 Å². The highest BCUT2D eigenvalue weighted by Gasteiger charge is 2.07. The number of hydrogen-bond donors (Lipinski definition) is 0. The quantitative estimate of drug-likeness (QED) is 0.420. The average molecular weight is 144 g/mol. The average Bonchev–Trinajstić information content (AvgIpc) is 1.63. The van der Waals surface area contributed by atoms with E-state index in [1.165, 1.54) is 35.5 Å². The maximum Gasteiger partial charge on any atom is 0.00279 e. The fourth-order valence-corrected chi connectivity index (χ4v) is 1.41. The summed E-state index contributed by atoms with van der Waals surface area (Å²) in [5.74, 6) is 0. The molecule has 0 aliphatic rings. The number of rotatable bonds is 3. The van der Waals surface area contributed by atoms with E-state index >= 15 is 0 Å². The highest BCUT2D eigenvalue weighted by Crippen LogP contribution is 2.21. The Bertz CT molecular complexity index is 61.5. The molecule has 0 heterocycles. The van der Waals surface area contributed by atoms with Gasteiger partial charge in [-0.25, -0.2) is 0 Å². The molecule has 0 aromatic rings. The van der Waals surface area contributed by atoms with Crippen molar-refractivity contribution in [3.8, 4) is 0 Å². The Balaban J connectivity index is 3.07. The highest BCUT2D eigenvalue weighted by atomic mass is 28.1. The Morgan fingerprint density at radius 1 is 1.11 bits per heavy atom. The first-order valence-corrected chi connectivity index (χ1v) is 5.47. The first kappa shape index (κ1) is 9.22. The molecule has 56 valence electrons. The monoisotopic (exact) mass is 144 g/mol. The van der Waals surface area contributed by atoms with E-state index in [4.69, 9.17) is 0 Å². The molecule has 0 aliphatic heterocycles. The topological polar surface area (TPSA) is 0 Å². The number of unbranched alkanes of at least 4 members (excludes halogenated alkanes) is 1. The molecule has 0 amide bonds. The first-order valence-electron chi connectivity index (χ1n) is 4.06. The Kier molecular flexibility index (Phi) is 4.20. The normalized spacial score (nSPS) is 12.3. The summed E-state index contributed by atoms with van der Waals surface area (Å²) in [5, 5.41) is 0. The minimum atomic E-state index is 0.566. The lowest BCUT2D eigenvalue weighted by atomic mass is 9.90. The van der Waals surface area contributed by atoms with E-state index in [0.717, 1.165) is 0 Å². The Labute approximate surface area is 62.5 Å². The molecule has 0 N–H and O–H groups in total. The Morgan fingerprint density at radius 3 is 2.00 bits per heavy atom.